The first-order valence-corrected chi connectivity index (χ1v) is 5.68. The number of pyridine rings is 1. The number of amides is 1. The fourth-order valence-corrected chi connectivity index (χ4v) is 1.51. The Morgan fingerprint density at radius 2 is 2.16 bits per heavy atom. The van der Waals surface area contributed by atoms with Crippen LogP contribution in [0.3, 0.4) is 0 Å². The van der Waals surface area contributed by atoms with E-state index < -0.39 is 0 Å². The molecule has 1 aromatic heterocycles. The third-order valence-electron chi connectivity index (χ3n) is 2.37. The highest BCUT2D eigenvalue weighted by Gasteiger charge is 2.09. The molecule has 0 spiro atoms. The second-order valence-corrected chi connectivity index (χ2v) is 3.68. The number of carbonyl (C=O) groups excluding carboxylic acids is 1. The van der Waals surface area contributed by atoms with E-state index in [1.165, 1.54) is 6.20 Å². The Kier molecular flexibility index (Phi) is 4.14. The van der Waals surface area contributed by atoms with E-state index in [0.29, 0.717) is 17.0 Å². The third-order valence-corrected chi connectivity index (χ3v) is 2.37. The summed E-state index contributed by atoms with van der Waals surface area (Å²) in [6.07, 6.45) is 8.26. The van der Waals surface area contributed by atoms with Crippen molar-refractivity contribution < 1.29 is 9.53 Å². The molecule has 2 rings (SSSR count). The summed E-state index contributed by atoms with van der Waals surface area (Å²) in [5.41, 5.74) is 1.06. The van der Waals surface area contributed by atoms with Crippen molar-refractivity contribution in [3.05, 3.63) is 54.4 Å². The number of para-hydroxylation sites is 2. The van der Waals surface area contributed by atoms with Crippen LogP contribution in [0.15, 0.2) is 48.8 Å². The lowest BCUT2D eigenvalue weighted by atomic mass is 10.2. The Hall–Kier alpha value is -2.80. The first-order chi connectivity index (χ1) is 9.31. The Balaban J connectivity index is 2.15. The first-order valence-electron chi connectivity index (χ1n) is 5.68. The van der Waals surface area contributed by atoms with Crippen molar-refractivity contribution in [2.24, 2.45) is 0 Å². The van der Waals surface area contributed by atoms with Crippen LogP contribution in [0.4, 0.5) is 5.69 Å². The monoisotopic (exact) mass is 252 g/mol. The van der Waals surface area contributed by atoms with Crippen molar-refractivity contribution in [1.82, 2.24) is 4.98 Å². The summed E-state index contributed by atoms with van der Waals surface area (Å²) >= 11 is 0. The van der Waals surface area contributed by atoms with Crippen LogP contribution in [0, 0.1) is 12.3 Å². The molecule has 94 valence electrons. The summed E-state index contributed by atoms with van der Waals surface area (Å²) in [6, 6.07) is 10.5. The standard InChI is InChI=1S/C15H12N2O2/c1-2-10-19-14-8-4-3-7-13(14)17-15(18)12-6-5-9-16-11-12/h1,3-9,11H,10H2,(H,17,18). The van der Waals surface area contributed by atoms with Gasteiger partial charge in [0.2, 0.25) is 0 Å². The van der Waals surface area contributed by atoms with Crippen LogP contribution < -0.4 is 10.1 Å². The van der Waals surface area contributed by atoms with Gasteiger partial charge in [-0.3, -0.25) is 9.78 Å². The summed E-state index contributed by atoms with van der Waals surface area (Å²) < 4.78 is 5.36. The fourth-order valence-electron chi connectivity index (χ4n) is 1.51. The molecule has 0 fully saturated rings. The minimum atomic E-state index is -0.246. The highest BCUT2D eigenvalue weighted by atomic mass is 16.5. The maximum atomic E-state index is 12.0. The van der Waals surface area contributed by atoms with E-state index in [9.17, 15) is 4.79 Å². The molecular formula is C15H12N2O2. The van der Waals surface area contributed by atoms with Crippen LogP contribution in [0.25, 0.3) is 0 Å². The lowest BCUT2D eigenvalue weighted by Crippen LogP contribution is -2.13. The van der Waals surface area contributed by atoms with E-state index >= 15 is 0 Å². The molecule has 0 aliphatic carbocycles. The van der Waals surface area contributed by atoms with Gasteiger partial charge in [-0.1, -0.05) is 18.1 Å². The van der Waals surface area contributed by atoms with Crippen molar-refractivity contribution in [1.29, 1.82) is 0 Å². The molecule has 0 bridgehead atoms. The van der Waals surface area contributed by atoms with Crippen molar-refractivity contribution in [2.75, 3.05) is 11.9 Å². The SMILES string of the molecule is C#CCOc1ccccc1NC(=O)c1cccnc1. The van der Waals surface area contributed by atoms with E-state index in [0.717, 1.165) is 0 Å². The van der Waals surface area contributed by atoms with Gasteiger partial charge in [-0.15, -0.1) is 6.42 Å². The number of ether oxygens (including phenoxy) is 1. The number of hydrogen-bond donors (Lipinski definition) is 1. The van der Waals surface area contributed by atoms with Crippen molar-refractivity contribution in [3.63, 3.8) is 0 Å². The van der Waals surface area contributed by atoms with Gasteiger partial charge in [-0.2, -0.15) is 0 Å². The molecule has 0 aliphatic rings. The topological polar surface area (TPSA) is 51.2 Å². The molecule has 1 N–H and O–H groups in total. The van der Waals surface area contributed by atoms with Gasteiger partial charge in [0.05, 0.1) is 11.3 Å². The van der Waals surface area contributed by atoms with Gasteiger partial charge in [0, 0.05) is 12.4 Å². The largest absolute Gasteiger partial charge is 0.479 e. The number of nitrogens with zero attached hydrogens (tertiary/aromatic N) is 1. The predicted octanol–water partition coefficient (Wildman–Crippen LogP) is 2.35. The van der Waals surface area contributed by atoms with E-state index in [2.05, 4.69) is 16.2 Å². The zero-order valence-corrected chi connectivity index (χ0v) is 10.2. The van der Waals surface area contributed by atoms with Gasteiger partial charge in [0.15, 0.2) is 0 Å². The van der Waals surface area contributed by atoms with Crippen LogP contribution in [0.2, 0.25) is 0 Å². The zero-order chi connectivity index (χ0) is 13.5. The Bertz CT molecular complexity index is 603. The molecule has 1 aromatic carbocycles. The quantitative estimate of drug-likeness (QED) is 0.850. The van der Waals surface area contributed by atoms with Crippen molar-refractivity contribution in [3.8, 4) is 18.1 Å². The molecule has 0 unspecified atom stereocenters. The minimum Gasteiger partial charge on any atom is -0.479 e. The van der Waals surface area contributed by atoms with Crippen LogP contribution in [-0.2, 0) is 0 Å². The van der Waals surface area contributed by atoms with Crippen molar-refractivity contribution in [2.45, 2.75) is 0 Å². The van der Waals surface area contributed by atoms with E-state index in [-0.39, 0.29) is 12.5 Å². The van der Waals surface area contributed by atoms with E-state index in [1.54, 1.807) is 30.5 Å². The van der Waals surface area contributed by atoms with E-state index in [1.807, 2.05) is 12.1 Å². The summed E-state index contributed by atoms with van der Waals surface area (Å²) in [7, 11) is 0. The molecular weight excluding hydrogens is 240 g/mol. The molecule has 0 aliphatic heterocycles. The number of rotatable bonds is 4. The average molecular weight is 252 g/mol. The highest BCUT2D eigenvalue weighted by Crippen LogP contribution is 2.24. The number of aromatic nitrogens is 1. The molecule has 0 saturated heterocycles. The van der Waals surface area contributed by atoms with Gasteiger partial charge in [0.25, 0.3) is 5.91 Å². The molecule has 1 heterocycles. The predicted molar refractivity (Wildman–Crippen MR) is 73.0 cm³/mol. The second kappa shape index (κ2) is 6.22. The Morgan fingerprint density at radius 3 is 2.89 bits per heavy atom. The van der Waals surface area contributed by atoms with E-state index in [4.69, 9.17) is 11.2 Å². The number of benzene rings is 1. The summed E-state index contributed by atoms with van der Waals surface area (Å²) in [5, 5.41) is 2.76. The van der Waals surface area contributed by atoms with Gasteiger partial charge < -0.3 is 10.1 Å². The Labute approximate surface area is 111 Å². The van der Waals surface area contributed by atoms with Gasteiger partial charge in [0.1, 0.15) is 12.4 Å². The molecule has 0 radical (unpaired) electrons. The van der Waals surface area contributed by atoms with Crippen LogP contribution in [0.5, 0.6) is 5.75 Å². The summed E-state index contributed by atoms with van der Waals surface area (Å²) in [6.45, 7) is 0.153. The molecule has 1 amide bonds. The van der Waals surface area contributed by atoms with Crippen LogP contribution >= 0.6 is 0 Å². The normalized spacial score (nSPS) is 9.42. The van der Waals surface area contributed by atoms with Crippen LogP contribution in [0.1, 0.15) is 10.4 Å². The zero-order valence-electron chi connectivity index (χ0n) is 10.2. The second-order valence-electron chi connectivity index (χ2n) is 3.68. The maximum absolute atomic E-state index is 12.0. The smallest absolute Gasteiger partial charge is 0.257 e. The van der Waals surface area contributed by atoms with Gasteiger partial charge >= 0.3 is 0 Å². The lowest BCUT2D eigenvalue weighted by Gasteiger charge is -2.10. The average Bonchev–Trinajstić information content (AvgIpc) is 2.47. The first kappa shape index (κ1) is 12.7. The molecule has 4 heteroatoms. The minimum absolute atomic E-state index is 0.153. The fraction of sp³-hybridized carbons (Fsp3) is 0.0667. The number of anilines is 1. The molecule has 0 saturated carbocycles. The molecule has 2 aromatic rings. The van der Waals surface area contributed by atoms with Gasteiger partial charge in [-0.25, -0.2) is 0 Å². The lowest BCUT2D eigenvalue weighted by molar-refractivity contribution is 0.102. The summed E-state index contributed by atoms with van der Waals surface area (Å²) in [5.74, 6) is 2.68. The van der Waals surface area contributed by atoms with Crippen LogP contribution in [-0.4, -0.2) is 17.5 Å². The summed E-state index contributed by atoms with van der Waals surface area (Å²) in [4.78, 5) is 15.9. The number of hydrogen-bond acceptors (Lipinski definition) is 3. The molecule has 19 heavy (non-hydrogen) atoms. The number of carbonyl (C=O) groups is 1. The number of terminal acetylenes is 1. The number of nitrogens with one attached hydrogen (secondary N) is 1. The van der Waals surface area contributed by atoms with Gasteiger partial charge in [-0.05, 0) is 24.3 Å². The highest BCUT2D eigenvalue weighted by molar-refractivity contribution is 6.04. The third kappa shape index (κ3) is 3.33. The molecule has 0 atom stereocenters. The Morgan fingerprint density at radius 1 is 1.32 bits per heavy atom. The van der Waals surface area contributed by atoms with Crippen molar-refractivity contribution >= 4 is 11.6 Å². The maximum Gasteiger partial charge on any atom is 0.257 e. The molecule has 4 nitrogen and oxygen atoms in total.